The molecule has 0 saturated carbocycles. The summed E-state index contributed by atoms with van der Waals surface area (Å²) in [6.07, 6.45) is 1.16. The molecular weight excluding hydrogens is 410 g/mol. The Labute approximate surface area is 175 Å². The van der Waals surface area contributed by atoms with Gasteiger partial charge in [-0.2, -0.15) is 0 Å². The van der Waals surface area contributed by atoms with Crippen LogP contribution in [0.2, 0.25) is 5.02 Å². The average Bonchev–Trinajstić information content (AvgIpc) is 3.14. The van der Waals surface area contributed by atoms with Crippen molar-refractivity contribution in [3.8, 4) is 5.88 Å². The minimum absolute atomic E-state index is 0.222. The molecule has 0 atom stereocenters. The standard InChI is InChI=1S/C19H16ClN7O3/c1-11-18(20)19(23-12(2)22-11)24-14-5-3-13(4-6-14)10-30-16-8-7-15-21-9-17(27(28)29)26(15)25-16/h3-9H,10H2,1-2H3,(H,22,23,24). The predicted octanol–water partition coefficient (Wildman–Crippen LogP) is 4.02. The zero-order chi connectivity index (χ0) is 21.3. The number of fused-ring (bicyclic) bond motifs is 1. The van der Waals surface area contributed by atoms with Crippen molar-refractivity contribution in [2.75, 3.05) is 5.32 Å². The van der Waals surface area contributed by atoms with E-state index in [9.17, 15) is 10.1 Å². The Bertz CT molecular complexity index is 1240. The number of nitrogens with one attached hydrogen (secondary N) is 1. The van der Waals surface area contributed by atoms with Gasteiger partial charge in [-0.05, 0) is 41.6 Å². The van der Waals surface area contributed by atoms with Gasteiger partial charge in [0.2, 0.25) is 5.65 Å². The lowest BCUT2D eigenvalue weighted by atomic mass is 10.2. The molecular formula is C19H16ClN7O3. The highest BCUT2D eigenvalue weighted by molar-refractivity contribution is 6.33. The van der Waals surface area contributed by atoms with Crippen molar-refractivity contribution in [3.05, 3.63) is 74.8 Å². The summed E-state index contributed by atoms with van der Waals surface area (Å²) < 4.78 is 6.81. The van der Waals surface area contributed by atoms with E-state index in [1.165, 1.54) is 0 Å². The Morgan fingerprint density at radius 1 is 1.17 bits per heavy atom. The molecule has 0 saturated heterocycles. The predicted molar refractivity (Wildman–Crippen MR) is 110 cm³/mol. The van der Waals surface area contributed by atoms with Gasteiger partial charge in [0.25, 0.3) is 5.88 Å². The molecule has 0 aliphatic heterocycles. The number of nitro groups is 1. The van der Waals surface area contributed by atoms with Gasteiger partial charge in [-0.15, -0.1) is 0 Å². The number of benzene rings is 1. The first kappa shape index (κ1) is 19.5. The number of halogens is 1. The Hall–Kier alpha value is -3.79. The van der Waals surface area contributed by atoms with Crippen molar-refractivity contribution in [1.82, 2.24) is 24.6 Å². The third-order valence-electron chi connectivity index (χ3n) is 4.24. The second-order valence-electron chi connectivity index (χ2n) is 6.44. The van der Waals surface area contributed by atoms with Crippen molar-refractivity contribution in [3.63, 3.8) is 0 Å². The number of rotatable bonds is 6. The number of ether oxygens (including phenoxy) is 1. The topological polar surface area (TPSA) is 120 Å². The van der Waals surface area contributed by atoms with Crippen LogP contribution in [0.5, 0.6) is 5.88 Å². The lowest BCUT2D eigenvalue weighted by Gasteiger charge is -2.10. The molecule has 0 bridgehead atoms. The zero-order valence-corrected chi connectivity index (χ0v) is 16.8. The van der Waals surface area contributed by atoms with Crippen LogP contribution in [0.1, 0.15) is 17.1 Å². The van der Waals surface area contributed by atoms with Gasteiger partial charge < -0.3 is 20.2 Å². The summed E-state index contributed by atoms with van der Waals surface area (Å²) in [7, 11) is 0. The van der Waals surface area contributed by atoms with Crippen LogP contribution in [0.15, 0.2) is 42.6 Å². The molecule has 11 heteroatoms. The van der Waals surface area contributed by atoms with Crippen molar-refractivity contribution in [2.24, 2.45) is 0 Å². The fourth-order valence-electron chi connectivity index (χ4n) is 2.81. The van der Waals surface area contributed by atoms with Crippen LogP contribution in [0.4, 0.5) is 17.3 Å². The molecule has 1 aromatic carbocycles. The molecule has 30 heavy (non-hydrogen) atoms. The van der Waals surface area contributed by atoms with Gasteiger partial charge >= 0.3 is 5.82 Å². The highest BCUT2D eigenvalue weighted by Crippen LogP contribution is 2.26. The Balaban J connectivity index is 1.45. The SMILES string of the molecule is Cc1nc(C)c(Cl)c(Nc2ccc(COc3ccc4ncc([N+](=O)[O-])n4n3)cc2)n1. The molecule has 4 rings (SSSR count). The van der Waals surface area contributed by atoms with E-state index in [0.717, 1.165) is 22.0 Å². The van der Waals surface area contributed by atoms with E-state index >= 15 is 0 Å². The number of imidazole rings is 1. The van der Waals surface area contributed by atoms with Gasteiger partial charge in [0.15, 0.2) is 5.82 Å². The van der Waals surface area contributed by atoms with E-state index in [4.69, 9.17) is 16.3 Å². The maximum Gasteiger partial charge on any atom is 0.368 e. The van der Waals surface area contributed by atoms with E-state index in [0.29, 0.717) is 28.0 Å². The smallest absolute Gasteiger partial charge is 0.368 e. The lowest BCUT2D eigenvalue weighted by Crippen LogP contribution is -2.03. The molecule has 1 N–H and O–H groups in total. The Kier molecular flexibility index (Phi) is 5.15. The third kappa shape index (κ3) is 3.98. The van der Waals surface area contributed by atoms with Crippen molar-refractivity contribution in [2.45, 2.75) is 20.5 Å². The van der Waals surface area contributed by atoms with E-state index in [-0.39, 0.29) is 18.3 Å². The summed E-state index contributed by atoms with van der Waals surface area (Å²) in [6, 6.07) is 10.7. The summed E-state index contributed by atoms with van der Waals surface area (Å²) in [5, 5.41) is 18.8. The minimum Gasteiger partial charge on any atom is -0.470 e. The molecule has 0 amide bonds. The molecule has 3 aromatic heterocycles. The highest BCUT2D eigenvalue weighted by atomic mass is 35.5. The molecule has 0 aliphatic rings. The molecule has 3 heterocycles. The van der Waals surface area contributed by atoms with Crippen molar-refractivity contribution >= 4 is 34.6 Å². The quantitative estimate of drug-likeness (QED) is 0.363. The van der Waals surface area contributed by atoms with Gasteiger partial charge in [0, 0.05) is 17.8 Å². The van der Waals surface area contributed by atoms with Crippen LogP contribution in [0.25, 0.3) is 5.65 Å². The largest absolute Gasteiger partial charge is 0.470 e. The van der Waals surface area contributed by atoms with Gasteiger partial charge in [-0.3, -0.25) is 0 Å². The van der Waals surface area contributed by atoms with Crippen LogP contribution >= 0.6 is 11.6 Å². The van der Waals surface area contributed by atoms with E-state index in [2.05, 4.69) is 25.4 Å². The monoisotopic (exact) mass is 425 g/mol. The van der Waals surface area contributed by atoms with Crippen LogP contribution in [0.3, 0.4) is 0 Å². The third-order valence-corrected chi connectivity index (χ3v) is 4.69. The number of hydrogen-bond acceptors (Lipinski definition) is 8. The van der Waals surface area contributed by atoms with Gasteiger partial charge in [0.05, 0.1) is 5.69 Å². The summed E-state index contributed by atoms with van der Waals surface area (Å²) >= 11 is 6.26. The highest BCUT2D eigenvalue weighted by Gasteiger charge is 2.16. The van der Waals surface area contributed by atoms with Gasteiger partial charge in [-0.25, -0.2) is 15.0 Å². The summed E-state index contributed by atoms with van der Waals surface area (Å²) in [5.41, 5.74) is 2.79. The number of hydrogen-bond donors (Lipinski definition) is 1. The lowest BCUT2D eigenvalue weighted by molar-refractivity contribution is -0.391. The first-order chi connectivity index (χ1) is 14.4. The molecule has 0 aliphatic carbocycles. The zero-order valence-electron chi connectivity index (χ0n) is 16.0. The van der Waals surface area contributed by atoms with E-state index in [1.807, 2.05) is 31.2 Å². The van der Waals surface area contributed by atoms with Gasteiger partial charge in [-0.1, -0.05) is 28.2 Å². The molecule has 4 aromatic rings. The molecule has 0 radical (unpaired) electrons. The Morgan fingerprint density at radius 3 is 2.67 bits per heavy atom. The average molecular weight is 426 g/mol. The molecule has 10 nitrogen and oxygen atoms in total. The fraction of sp³-hybridized carbons (Fsp3) is 0.158. The molecule has 152 valence electrons. The van der Waals surface area contributed by atoms with E-state index < -0.39 is 4.92 Å². The van der Waals surface area contributed by atoms with Crippen molar-refractivity contribution in [1.29, 1.82) is 0 Å². The summed E-state index contributed by atoms with van der Waals surface area (Å²) in [4.78, 5) is 23.0. The first-order valence-corrected chi connectivity index (χ1v) is 9.27. The normalized spacial score (nSPS) is 10.9. The summed E-state index contributed by atoms with van der Waals surface area (Å²) in [5.74, 6) is 1.21. The van der Waals surface area contributed by atoms with Crippen molar-refractivity contribution < 1.29 is 9.66 Å². The van der Waals surface area contributed by atoms with Crippen LogP contribution in [-0.4, -0.2) is 29.5 Å². The van der Waals surface area contributed by atoms with Gasteiger partial charge in [0.1, 0.15) is 23.7 Å². The van der Waals surface area contributed by atoms with Crippen LogP contribution in [-0.2, 0) is 6.61 Å². The maximum absolute atomic E-state index is 11.0. The maximum atomic E-state index is 11.0. The number of nitrogens with zero attached hydrogens (tertiary/aromatic N) is 6. The number of aryl methyl sites for hydroxylation is 2. The minimum atomic E-state index is -0.546. The summed E-state index contributed by atoms with van der Waals surface area (Å²) in [6.45, 7) is 3.87. The molecule has 0 fully saturated rings. The molecule has 0 unspecified atom stereocenters. The van der Waals surface area contributed by atoms with Crippen LogP contribution in [0, 0.1) is 24.0 Å². The van der Waals surface area contributed by atoms with Crippen LogP contribution < -0.4 is 10.1 Å². The number of anilines is 2. The number of aromatic nitrogens is 5. The second kappa shape index (κ2) is 7.91. The van der Waals surface area contributed by atoms with E-state index in [1.54, 1.807) is 19.1 Å². The Morgan fingerprint density at radius 2 is 1.93 bits per heavy atom. The second-order valence-corrected chi connectivity index (χ2v) is 6.82. The first-order valence-electron chi connectivity index (χ1n) is 8.89. The fourth-order valence-corrected chi connectivity index (χ4v) is 2.94. The molecule has 0 spiro atoms.